The van der Waals surface area contributed by atoms with Gasteiger partial charge in [-0.3, -0.25) is 14.4 Å². The van der Waals surface area contributed by atoms with Gasteiger partial charge in [-0.15, -0.1) is 0 Å². The van der Waals surface area contributed by atoms with Crippen molar-refractivity contribution in [1.29, 1.82) is 0 Å². The van der Waals surface area contributed by atoms with E-state index in [9.17, 15) is 14.4 Å². The number of ketones is 1. The summed E-state index contributed by atoms with van der Waals surface area (Å²) in [5.74, 6) is -0.328. The summed E-state index contributed by atoms with van der Waals surface area (Å²) in [4.78, 5) is 35.6. The molecule has 2 fully saturated rings. The van der Waals surface area contributed by atoms with E-state index in [2.05, 4.69) is 16.0 Å². The zero-order valence-corrected chi connectivity index (χ0v) is 13.8. The zero-order valence-electron chi connectivity index (χ0n) is 13.8. The number of carbonyl (C=O) groups excluding carboxylic acids is 3. The third-order valence-electron chi connectivity index (χ3n) is 4.79. The van der Waals surface area contributed by atoms with Gasteiger partial charge in [0.15, 0.2) is 5.78 Å². The molecule has 0 spiro atoms. The minimum atomic E-state index is -0.485. The summed E-state index contributed by atoms with van der Waals surface area (Å²) >= 11 is 0. The van der Waals surface area contributed by atoms with Crippen molar-refractivity contribution in [1.82, 2.24) is 10.6 Å². The molecular formula is C18H23N3O3. The lowest BCUT2D eigenvalue weighted by Crippen LogP contribution is -2.65. The fourth-order valence-corrected chi connectivity index (χ4v) is 3.46. The Morgan fingerprint density at radius 1 is 1.12 bits per heavy atom. The fourth-order valence-electron chi connectivity index (χ4n) is 3.46. The highest BCUT2D eigenvalue weighted by molar-refractivity contribution is 5.97. The number of hydrogen-bond acceptors (Lipinski definition) is 4. The van der Waals surface area contributed by atoms with Crippen LogP contribution in [0.2, 0.25) is 0 Å². The van der Waals surface area contributed by atoms with E-state index in [1.165, 1.54) is 6.92 Å². The molecule has 1 aromatic carbocycles. The van der Waals surface area contributed by atoms with E-state index in [1.54, 1.807) is 24.3 Å². The predicted octanol–water partition coefficient (Wildman–Crippen LogP) is 1.62. The third-order valence-corrected chi connectivity index (χ3v) is 4.79. The molecule has 24 heavy (non-hydrogen) atoms. The number of hydrogen-bond donors (Lipinski definition) is 3. The van der Waals surface area contributed by atoms with Crippen LogP contribution in [0.3, 0.4) is 0 Å². The van der Waals surface area contributed by atoms with Gasteiger partial charge in [-0.1, -0.05) is 12.8 Å². The maximum Gasteiger partial charge on any atom is 0.237 e. The maximum atomic E-state index is 12.2. The molecule has 0 aromatic heterocycles. The Balaban J connectivity index is 1.56. The number of anilines is 1. The first-order valence-corrected chi connectivity index (χ1v) is 8.50. The average molecular weight is 329 g/mol. The van der Waals surface area contributed by atoms with Crippen molar-refractivity contribution in [2.24, 2.45) is 0 Å². The van der Waals surface area contributed by atoms with Crippen LogP contribution in [0.4, 0.5) is 5.69 Å². The van der Waals surface area contributed by atoms with Gasteiger partial charge in [0.25, 0.3) is 0 Å². The number of rotatable bonds is 4. The number of amides is 2. The lowest BCUT2D eigenvalue weighted by molar-refractivity contribution is -0.129. The lowest BCUT2D eigenvalue weighted by Gasteiger charge is -2.40. The van der Waals surface area contributed by atoms with E-state index in [0.717, 1.165) is 25.7 Å². The molecule has 2 amide bonds. The Labute approximate surface area is 141 Å². The lowest BCUT2D eigenvalue weighted by atomic mass is 9.87. The van der Waals surface area contributed by atoms with Gasteiger partial charge in [0, 0.05) is 23.3 Å². The molecule has 1 aliphatic carbocycles. The Bertz CT molecular complexity index is 641. The van der Waals surface area contributed by atoms with Gasteiger partial charge < -0.3 is 16.0 Å². The van der Waals surface area contributed by atoms with Crippen LogP contribution in [0.1, 0.15) is 49.4 Å². The standard InChI is InChI=1S/C18H23N3O3/c1-11(22)12-6-8-13(9-7-12)19-17(23)10-16-18(24)21-15-5-3-2-4-14(15)20-16/h6-9,14-16,20H,2-5,10H2,1H3,(H,19,23)(H,21,24)/t14-,15-,16-/m0/s1. The molecule has 3 N–H and O–H groups in total. The number of Topliss-reactive ketones (excluding diaryl/α,β-unsaturated/α-hetero) is 1. The summed E-state index contributed by atoms with van der Waals surface area (Å²) in [6, 6.07) is 6.72. The van der Waals surface area contributed by atoms with E-state index in [1.807, 2.05) is 0 Å². The van der Waals surface area contributed by atoms with E-state index in [4.69, 9.17) is 0 Å². The monoisotopic (exact) mass is 329 g/mol. The second kappa shape index (κ2) is 7.13. The minimum absolute atomic E-state index is 0.0158. The molecule has 1 heterocycles. The Hall–Kier alpha value is -2.21. The van der Waals surface area contributed by atoms with Crippen molar-refractivity contribution < 1.29 is 14.4 Å². The smallest absolute Gasteiger partial charge is 0.237 e. The highest BCUT2D eigenvalue weighted by Gasteiger charge is 2.36. The average Bonchev–Trinajstić information content (AvgIpc) is 2.56. The first-order chi connectivity index (χ1) is 11.5. The van der Waals surface area contributed by atoms with Gasteiger partial charge in [-0.25, -0.2) is 0 Å². The van der Waals surface area contributed by atoms with E-state index in [0.29, 0.717) is 11.3 Å². The van der Waals surface area contributed by atoms with Gasteiger partial charge in [-0.05, 0) is 44.0 Å². The summed E-state index contributed by atoms with van der Waals surface area (Å²) < 4.78 is 0. The van der Waals surface area contributed by atoms with Crippen LogP contribution in [0, 0.1) is 0 Å². The molecule has 128 valence electrons. The summed E-state index contributed by atoms with van der Waals surface area (Å²) in [5.41, 5.74) is 1.22. The van der Waals surface area contributed by atoms with Gasteiger partial charge in [0.1, 0.15) is 0 Å². The molecule has 0 unspecified atom stereocenters. The van der Waals surface area contributed by atoms with Gasteiger partial charge in [-0.2, -0.15) is 0 Å². The Morgan fingerprint density at radius 2 is 1.79 bits per heavy atom. The first kappa shape index (κ1) is 16.6. The Kier molecular flexibility index (Phi) is 4.94. The summed E-state index contributed by atoms with van der Waals surface area (Å²) in [5, 5.41) is 9.14. The van der Waals surface area contributed by atoms with Gasteiger partial charge in [0.05, 0.1) is 12.5 Å². The second-order valence-corrected chi connectivity index (χ2v) is 6.61. The number of piperazine rings is 1. The maximum absolute atomic E-state index is 12.2. The van der Waals surface area contributed by atoms with E-state index in [-0.39, 0.29) is 36.1 Å². The van der Waals surface area contributed by atoms with Crippen LogP contribution in [0.25, 0.3) is 0 Å². The molecule has 1 aliphatic heterocycles. The molecule has 1 aromatic rings. The molecule has 0 bridgehead atoms. The SMILES string of the molecule is CC(=O)c1ccc(NC(=O)C[C@@H]2N[C@H]3CCCC[C@@H]3NC2=O)cc1. The number of benzene rings is 1. The van der Waals surface area contributed by atoms with Gasteiger partial charge >= 0.3 is 0 Å². The summed E-state index contributed by atoms with van der Waals surface area (Å²) in [7, 11) is 0. The fraction of sp³-hybridized carbons (Fsp3) is 0.500. The molecule has 3 atom stereocenters. The van der Waals surface area contributed by atoms with Crippen LogP contribution >= 0.6 is 0 Å². The number of fused-ring (bicyclic) bond motifs is 1. The molecule has 0 radical (unpaired) electrons. The van der Waals surface area contributed by atoms with Crippen LogP contribution in [0.5, 0.6) is 0 Å². The predicted molar refractivity (Wildman–Crippen MR) is 90.8 cm³/mol. The highest BCUT2D eigenvalue weighted by atomic mass is 16.2. The van der Waals surface area contributed by atoms with Crippen molar-refractivity contribution in [3.63, 3.8) is 0 Å². The van der Waals surface area contributed by atoms with E-state index < -0.39 is 6.04 Å². The van der Waals surface area contributed by atoms with Crippen LogP contribution in [-0.4, -0.2) is 35.7 Å². The largest absolute Gasteiger partial charge is 0.350 e. The quantitative estimate of drug-likeness (QED) is 0.733. The zero-order chi connectivity index (χ0) is 17.1. The number of carbonyl (C=O) groups is 3. The Morgan fingerprint density at radius 3 is 2.46 bits per heavy atom. The van der Waals surface area contributed by atoms with Crippen molar-refractivity contribution >= 4 is 23.3 Å². The van der Waals surface area contributed by atoms with Crippen molar-refractivity contribution in [2.75, 3.05) is 5.32 Å². The molecule has 6 heteroatoms. The van der Waals surface area contributed by atoms with Crippen molar-refractivity contribution in [3.05, 3.63) is 29.8 Å². The van der Waals surface area contributed by atoms with Crippen LogP contribution < -0.4 is 16.0 Å². The van der Waals surface area contributed by atoms with Gasteiger partial charge in [0.2, 0.25) is 11.8 Å². The van der Waals surface area contributed by atoms with Crippen LogP contribution in [-0.2, 0) is 9.59 Å². The second-order valence-electron chi connectivity index (χ2n) is 6.61. The summed E-state index contributed by atoms with van der Waals surface area (Å²) in [6.45, 7) is 1.50. The topological polar surface area (TPSA) is 87.3 Å². The highest BCUT2D eigenvalue weighted by Crippen LogP contribution is 2.22. The van der Waals surface area contributed by atoms with E-state index >= 15 is 0 Å². The third kappa shape index (κ3) is 3.82. The van der Waals surface area contributed by atoms with Crippen LogP contribution in [0.15, 0.2) is 24.3 Å². The molecule has 6 nitrogen and oxygen atoms in total. The molecule has 3 rings (SSSR count). The normalized spacial score (nSPS) is 26.2. The molecule has 1 saturated carbocycles. The molecule has 1 saturated heterocycles. The molecule has 2 aliphatic rings. The first-order valence-electron chi connectivity index (χ1n) is 8.50. The van der Waals surface area contributed by atoms with Crippen molar-refractivity contribution in [2.45, 2.75) is 57.2 Å². The minimum Gasteiger partial charge on any atom is -0.350 e. The summed E-state index contributed by atoms with van der Waals surface area (Å²) in [6.07, 6.45) is 4.44. The number of nitrogens with one attached hydrogen (secondary N) is 3. The molecular weight excluding hydrogens is 306 g/mol. The van der Waals surface area contributed by atoms with Crippen molar-refractivity contribution in [3.8, 4) is 0 Å².